The molecule has 102 valence electrons. The van der Waals surface area contributed by atoms with Crippen molar-refractivity contribution >= 4 is 0 Å². The van der Waals surface area contributed by atoms with E-state index in [4.69, 9.17) is 5.84 Å². The van der Waals surface area contributed by atoms with Crippen molar-refractivity contribution < 1.29 is 0 Å². The van der Waals surface area contributed by atoms with Crippen LogP contribution in [-0.2, 0) is 6.42 Å². The van der Waals surface area contributed by atoms with Crippen LogP contribution in [-0.4, -0.2) is 0 Å². The minimum Gasteiger partial charge on any atom is -0.271 e. The summed E-state index contributed by atoms with van der Waals surface area (Å²) < 4.78 is 0. The smallest absolute Gasteiger partial charge is 0.0462 e. The van der Waals surface area contributed by atoms with Gasteiger partial charge in [-0.05, 0) is 35.8 Å². The average molecular weight is 248 g/mol. The molecular formula is C16H28N2. The molecule has 1 rings (SSSR count). The van der Waals surface area contributed by atoms with Gasteiger partial charge in [-0.1, -0.05) is 58.4 Å². The van der Waals surface area contributed by atoms with Crippen molar-refractivity contribution in [1.82, 2.24) is 5.43 Å². The first-order valence-corrected chi connectivity index (χ1v) is 7.11. The molecule has 0 aliphatic heterocycles. The van der Waals surface area contributed by atoms with Gasteiger partial charge in [0.25, 0.3) is 0 Å². The van der Waals surface area contributed by atoms with Gasteiger partial charge in [0, 0.05) is 6.04 Å². The van der Waals surface area contributed by atoms with Crippen molar-refractivity contribution in [3.05, 3.63) is 35.4 Å². The molecule has 1 aromatic carbocycles. The highest BCUT2D eigenvalue weighted by Crippen LogP contribution is 2.23. The molecule has 2 nitrogen and oxygen atoms in total. The second-order valence-electron chi connectivity index (χ2n) is 5.81. The Morgan fingerprint density at radius 1 is 1.22 bits per heavy atom. The summed E-state index contributed by atoms with van der Waals surface area (Å²) in [5.74, 6) is 7.10. The third-order valence-electron chi connectivity index (χ3n) is 3.53. The van der Waals surface area contributed by atoms with E-state index in [1.165, 1.54) is 17.5 Å². The van der Waals surface area contributed by atoms with Crippen molar-refractivity contribution in [1.29, 1.82) is 0 Å². The van der Waals surface area contributed by atoms with Crippen LogP contribution in [0.1, 0.15) is 57.7 Å². The number of rotatable bonds is 7. The largest absolute Gasteiger partial charge is 0.271 e. The van der Waals surface area contributed by atoms with E-state index in [-0.39, 0.29) is 6.04 Å². The maximum absolute atomic E-state index is 5.71. The zero-order chi connectivity index (χ0) is 13.5. The van der Waals surface area contributed by atoms with Crippen LogP contribution in [0.5, 0.6) is 0 Å². The maximum atomic E-state index is 5.71. The fourth-order valence-corrected chi connectivity index (χ4v) is 2.28. The Hall–Kier alpha value is -0.860. The lowest BCUT2D eigenvalue weighted by Gasteiger charge is -2.20. The molecule has 0 bridgehead atoms. The molecule has 0 saturated carbocycles. The molecule has 2 heteroatoms. The summed E-state index contributed by atoms with van der Waals surface area (Å²) in [4.78, 5) is 0. The van der Waals surface area contributed by atoms with Crippen LogP contribution in [0, 0.1) is 11.8 Å². The van der Waals surface area contributed by atoms with E-state index in [0.717, 1.165) is 12.8 Å². The standard InChI is InChI=1S/C16H28N2/c1-5-13(4)10-16(18-17)15-8-6-7-14(11-15)9-12(2)3/h6-8,11-13,16,18H,5,9-10,17H2,1-4H3. The number of hydrogen-bond donors (Lipinski definition) is 2. The molecule has 0 aromatic heterocycles. The summed E-state index contributed by atoms with van der Waals surface area (Å²) in [6.07, 6.45) is 3.43. The lowest BCUT2D eigenvalue weighted by Crippen LogP contribution is -2.29. The Morgan fingerprint density at radius 3 is 2.50 bits per heavy atom. The predicted octanol–water partition coefficient (Wildman–Crippen LogP) is 3.83. The van der Waals surface area contributed by atoms with Gasteiger partial charge in [0.1, 0.15) is 0 Å². The second-order valence-corrected chi connectivity index (χ2v) is 5.81. The van der Waals surface area contributed by atoms with E-state index < -0.39 is 0 Å². The highest BCUT2D eigenvalue weighted by molar-refractivity contribution is 5.26. The van der Waals surface area contributed by atoms with Crippen LogP contribution >= 0.6 is 0 Å². The van der Waals surface area contributed by atoms with Gasteiger partial charge in [0.15, 0.2) is 0 Å². The highest BCUT2D eigenvalue weighted by atomic mass is 15.2. The van der Waals surface area contributed by atoms with E-state index >= 15 is 0 Å². The zero-order valence-corrected chi connectivity index (χ0v) is 12.2. The van der Waals surface area contributed by atoms with Crippen LogP contribution < -0.4 is 11.3 Å². The fraction of sp³-hybridized carbons (Fsp3) is 0.625. The molecule has 0 fully saturated rings. The molecule has 0 aliphatic carbocycles. The molecular weight excluding hydrogens is 220 g/mol. The number of benzene rings is 1. The molecule has 2 unspecified atom stereocenters. The third-order valence-corrected chi connectivity index (χ3v) is 3.53. The molecule has 0 spiro atoms. The van der Waals surface area contributed by atoms with Crippen molar-refractivity contribution in [2.75, 3.05) is 0 Å². The summed E-state index contributed by atoms with van der Waals surface area (Å²) in [7, 11) is 0. The van der Waals surface area contributed by atoms with E-state index in [1.54, 1.807) is 0 Å². The van der Waals surface area contributed by atoms with Gasteiger partial charge >= 0.3 is 0 Å². The van der Waals surface area contributed by atoms with Gasteiger partial charge < -0.3 is 0 Å². The minimum atomic E-state index is 0.270. The summed E-state index contributed by atoms with van der Waals surface area (Å²) in [5.41, 5.74) is 5.69. The van der Waals surface area contributed by atoms with Gasteiger partial charge in [-0.2, -0.15) is 0 Å². The van der Waals surface area contributed by atoms with Gasteiger partial charge in [0.2, 0.25) is 0 Å². The van der Waals surface area contributed by atoms with Crippen LogP contribution in [0.3, 0.4) is 0 Å². The Kier molecular flexibility index (Phi) is 6.37. The zero-order valence-electron chi connectivity index (χ0n) is 12.2. The normalized spacial score (nSPS) is 14.8. The number of hydrazine groups is 1. The molecule has 0 saturated heterocycles. The second kappa shape index (κ2) is 7.55. The summed E-state index contributed by atoms with van der Waals surface area (Å²) >= 11 is 0. The highest BCUT2D eigenvalue weighted by Gasteiger charge is 2.13. The molecule has 2 atom stereocenters. The van der Waals surface area contributed by atoms with Crippen LogP contribution in [0.4, 0.5) is 0 Å². The minimum absolute atomic E-state index is 0.270. The summed E-state index contributed by atoms with van der Waals surface area (Å²) in [6, 6.07) is 9.10. The topological polar surface area (TPSA) is 38.0 Å². The third kappa shape index (κ3) is 4.79. The van der Waals surface area contributed by atoms with Crippen LogP contribution in [0.2, 0.25) is 0 Å². The van der Waals surface area contributed by atoms with Crippen LogP contribution in [0.25, 0.3) is 0 Å². The molecule has 0 heterocycles. The van der Waals surface area contributed by atoms with Gasteiger partial charge in [0.05, 0.1) is 0 Å². The van der Waals surface area contributed by atoms with Gasteiger partial charge in [-0.25, -0.2) is 0 Å². The van der Waals surface area contributed by atoms with Crippen molar-refractivity contribution in [3.63, 3.8) is 0 Å². The monoisotopic (exact) mass is 248 g/mol. The van der Waals surface area contributed by atoms with E-state index in [9.17, 15) is 0 Å². The SMILES string of the molecule is CCC(C)CC(NN)c1cccc(CC(C)C)c1. The number of nitrogens with two attached hydrogens (primary N) is 1. The van der Waals surface area contributed by atoms with Gasteiger partial charge in [-0.3, -0.25) is 11.3 Å². The lowest BCUT2D eigenvalue weighted by atomic mass is 9.92. The van der Waals surface area contributed by atoms with Crippen LogP contribution in [0.15, 0.2) is 24.3 Å². The first kappa shape index (κ1) is 15.2. The van der Waals surface area contributed by atoms with Gasteiger partial charge in [-0.15, -0.1) is 0 Å². The van der Waals surface area contributed by atoms with Crippen molar-refractivity contribution in [2.24, 2.45) is 17.7 Å². The predicted molar refractivity (Wildman–Crippen MR) is 79.1 cm³/mol. The first-order chi connectivity index (χ1) is 8.56. The average Bonchev–Trinajstić information content (AvgIpc) is 2.35. The lowest BCUT2D eigenvalue weighted by molar-refractivity contribution is 0.407. The molecule has 0 aliphatic rings. The molecule has 0 radical (unpaired) electrons. The number of hydrogen-bond acceptors (Lipinski definition) is 2. The quantitative estimate of drug-likeness (QED) is 0.568. The molecule has 1 aromatic rings. The molecule has 3 N–H and O–H groups in total. The Morgan fingerprint density at radius 2 is 1.94 bits per heavy atom. The van der Waals surface area contributed by atoms with E-state index in [0.29, 0.717) is 11.8 Å². The van der Waals surface area contributed by atoms with Crippen molar-refractivity contribution in [3.8, 4) is 0 Å². The first-order valence-electron chi connectivity index (χ1n) is 7.11. The number of nitrogens with one attached hydrogen (secondary N) is 1. The van der Waals surface area contributed by atoms with E-state index in [2.05, 4.69) is 57.4 Å². The van der Waals surface area contributed by atoms with E-state index in [1.807, 2.05) is 0 Å². The fourth-order valence-electron chi connectivity index (χ4n) is 2.28. The molecule has 0 amide bonds. The Labute approximate surface area is 112 Å². The summed E-state index contributed by atoms with van der Waals surface area (Å²) in [6.45, 7) is 9.02. The Bertz CT molecular complexity index is 347. The molecule has 18 heavy (non-hydrogen) atoms. The summed E-state index contributed by atoms with van der Waals surface area (Å²) in [5, 5.41) is 0. The van der Waals surface area contributed by atoms with Crippen molar-refractivity contribution in [2.45, 2.75) is 53.0 Å². The Balaban J connectivity index is 2.79. The maximum Gasteiger partial charge on any atom is 0.0462 e.